The number of hydrogen-bond donors (Lipinski definition) is 2. The van der Waals surface area contributed by atoms with E-state index in [0.29, 0.717) is 19.0 Å². The first kappa shape index (κ1) is 13.0. The Bertz CT molecular complexity index is 349. The van der Waals surface area contributed by atoms with Crippen molar-refractivity contribution in [3.8, 4) is 0 Å². The van der Waals surface area contributed by atoms with Crippen LogP contribution in [0.15, 0.2) is 12.3 Å². The van der Waals surface area contributed by atoms with Crippen molar-refractivity contribution in [2.24, 2.45) is 7.05 Å². The minimum absolute atomic E-state index is 0. The smallest absolute Gasteiger partial charge is 0.255 e. The molecule has 0 saturated carbocycles. The van der Waals surface area contributed by atoms with Crippen LogP contribution in [0.2, 0.25) is 0 Å². The van der Waals surface area contributed by atoms with Crippen molar-refractivity contribution in [3.05, 3.63) is 12.3 Å². The highest BCUT2D eigenvalue weighted by Crippen LogP contribution is 2.06. The van der Waals surface area contributed by atoms with Gasteiger partial charge in [0.05, 0.1) is 12.8 Å². The van der Waals surface area contributed by atoms with E-state index in [4.69, 9.17) is 4.74 Å². The molecule has 1 atom stereocenters. The molecule has 90 valence electrons. The molecule has 1 aromatic rings. The van der Waals surface area contributed by atoms with Crippen molar-refractivity contribution >= 4 is 24.1 Å². The van der Waals surface area contributed by atoms with E-state index in [0.717, 1.165) is 6.54 Å². The summed E-state index contributed by atoms with van der Waals surface area (Å²) in [5.41, 5.74) is 0. The Morgan fingerprint density at radius 3 is 3.12 bits per heavy atom. The molecule has 1 amide bonds. The summed E-state index contributed by atoms with van der Waals surface area (Å²) in [4.78, 5) is 11.7. The van der Waals surface area contributed by atoms with Gasteiger partial charge in [-0.2, -0.15) is 5.10 Å². The first-order valence-corrected chi connectivity index (χ1v) is 4.88. The third-order valence-electron chi connectivity index (χ3n) is 2.29. The Labute approximate surface area is 99.8 Å². The van der Waals surface area contributed by atoms with Gasteiger partial charge in [-0.3, -0.25) is 9.48 Å². The quantitative estimate of drug-likeness (QED) is 0.757. The number of amides is 1. The van der Waals surface area contributed by atoms with Crippen molar-refractivity contribution in [2.45, 2.75) is 6.10 Å². The minimum atomic E-state index is -0.409. The second kappa shape index (κ2) is 5.83. The van der Waals surface area contributed by atoms with Gasteiger partial charge in [0.15, 0.2) is 0 Å². The Hall–Kier alpha value is -1.11. The predicted octanol–water partition coefficient (Wildman–Crippen LogP) is -0.231. The zero-order chi connectivity index (χ0) is 10.7. The lowest BCUT2D eigenvalue weighted by Crippen LogP contribution is -2.45. The second-order valence-electron chi connectivity index (χ2n) is 3.39. The van der Waals surface area contributed by atoms with Gasteiger partial charge in [0.1, 0.15) is 11.9 Å². The van der Waals surface area contributed by atoms with Gasteiger partial charge < -0.3 is 15.4 Å². The number of aryl methyl sites for hydroxylation is 1. The molecule has 2 N–H and O–H groups in total. The first-order valence-electron chi connectivity index (χ1n) is 4.88. The van der Waals surface area contributed by atoms with Crippen molar-refractivity contribution in [2.75, 3.05) is 25.0 Å². The molecule has 2 rings (SSSR count). The Morgan fingerprint density at radius 2 is 2.56 bits per heavy atom. The number of nitrogens with zero attached hydrogens (tertiary/aromatic N) is 2. The van der Waals surface area contributed by atoms with Gasteiger partial charge in [0.25, 0.3) is 5.91 Å². The molecular weight excluding hydrogens is 232 g/mol. The standard InChI is InChI=1S/C9H14N4O2.ClH/c1-13-8(2-3-11-13)12-9(14)7-6-10-4-5-15-7;/h2-3,7,10H,4-6H2,1H3,(H,12,14);1H. The van der Waals surface area contributed by atoms with Crippen LogP contribution in [0.4, 0.5) is 5.82 Å². The van der Waals surface area contributed by atoms with Crippen molar-refractivity contribution in [1.29, 1.82) is 0 Å². The Morgan fingerprint density at radius 1 is 1.75 bits per heavy atom. The summed E-state index contributed by atoms with van der Waals surface area (Å²) in [6.45, 7) is 1.93. The van der Waals surface area contributed by atoms with Crippen LogP contribution < -0.4 is 10.6 Å². The third kappa shape index (κ3) is 2.94. The van der Waals surface area contributed by atoms with E-state index < -0.39 is 6.10 Å². The highest BCUT2D eigenvalue weighted by atomic mass is 35.5. The van der Waals surface area contributed by atoms with Crippen LogP contribution in [0, 0.1) is 0 Å². The van der Waals surface area contributed by atoms with Crippen molar-refractivity contribution in [3.63, 3.8) is 0 Å². The van der Waals surface area contributed by atoms with Gasteiger partial charge in [-0.15, -0.1) is 12.4 Å². The van der Waals surface area contributed by atoms with Gasteiger partial charge >= 0.3 is 0 Å². The molecule has 1 unspecified atom stereocenters. The number of rotatable bonds is 2. The molecule has 1 fully saturated rings. The van der Waals surface area contributed by atoms with Crippen molar-refractivity contribution < 1.29 is 9.53 Å². The summed E-state index contributed by atoms with van der Waals surface area (Å²) in [5.74, 6) is 0.542. The van der Waals surface area contributed by atoms with E-state index in [1.807, 2.05) is 0 Å². The van der Waals surface area contributed by atoms with E-state index >= 15 is 0 Å². The van der Waals surface area contributed by atoms with Crippen LogP contribution in [0.3, 0.4) is 0 Å². The fourth-order valence-electron chi connectivity index (χ4n) is 1.44. The summed E-state index contributed by atoms with van der Waals surface area (Å²) < 4.78 is 6.93. The molecule has 0 radical (unpaired) electrons. The van der Waals surface area contributed by atoms with E-state index in [-0.39, 0.29) is 18.3 Å². The SMILES string of the molecule is Cl.Cn1nccc1NC(=O)C1CNCCO1. The van der Waals surface area contributed by atoms with E-state index in [1.165, 1.54) is 0 Å². The van der Waals surface area contributed by atoms with Gasteiger partial charge in [-0.25, -0.2) is 0 Å². The fraction of sp³-hybridized carbons (Fsp3) is 0.556. The molecule has 0 aliphatic carbocycles. The number of ether oxygens (including phenoxy) is 1. The fourth-order valence-corrected chi connectivity index (χ4v) is 1.44. The molecule has 16 heavy (non-hydrogen) atoms. The van der Waals surface area contributed by atoms with Gasteiger partial charge in [-0.1, -0.05) is 0 Å². The molecule has 1 saturated heterocycles. The topological polar surface area (TPSA) is 68.2 Å². The Balaban J connectivity index is 0.00000128. The number of carbonyl (C=O) groups excluding carboxylic acids is 1. The number of morpholine rings is 1. The summed E-state index contributed by atoms with van der Waals surface area (Å²) >= 11 is 0. The molecule has 1 aromatic heterocycles. The van der Waals surface area contributed by atoms with Crippen LogP contribution >= 0.6 is 12.4 Å². The molecule has 1 aliphatic rings. The van der Waals surface area contributed by atoms with Crippen LogP contribution in [0.25, 0.3) is 0 Å². The van der Waals surface area contributed by atoms with Crippen LogP contribution in [-0.4, -0.2) is 41.5 Å². The monoisotopic (exact) mass is 246 g/mol. The van der Waals surface area contributed by atoms with Crippen LogP contribution in [0.5, 0.6) is 0 Å². The zero-order valence-corrected chi connectivity index (χ0v) is 9.79. The average Bonchev–Trinajstić information content (AvgIpc) is 2.66. The summed E-state index contributed by atoms with van der Waals surface area (Å²) in [5, 5.41) is 9.82. The number of nitrogens with one attached hydrogen (secondary N) is 2. The molecular formula is C9H15ClN4O2. The van der Waals surface area contributed by atoms with E-state index in [1.54, 1.807) is 24.0 Å². The largest absolute Gasteiger partial charge is 0.366 e. The molecule has 0 bridgehead atoms. The zero-order valence-electron chi connectivity index (χ0n) is 8.97. The van der Waals surface area contributed by atoms with Gasteiger partial charge in [0.2, 0.25) is 0 Å². The first-order chi connectivity index (χ1) is 7.27. The third-order valence-corrected chi connectivity index (χ3v) is 2.29. The maximum atomic E-state index is 11.7. The number of aromatic nitrogens is 2. The van der Waals surface area contributed by atoms with E-state index in [2.05, 4.69) is 15.7 Å². The Kier molecular flexibility index (Phi) is 4.72. The normalized spacial score (nSPS) is 19.9. The lowest BCUT2D eigenvalue weighted by Gasteiger charge is -2.22. The molecule has 6 nitrogen and oxygen atoms in total. The molecule has 0 aromatic carbocycles. The predicted molar refractivity (Wildman–Crippen MR) is 61.7 cm³/mol. The lowest BCUT2D eigenvalue weighted by molar-refractivity contribution is -0.128. The van der Waals surface area contributed by atoms with Crippen LogP contribution in [-0.2, 0) is 16.6 Å². The highest BCUT2D eigenvalue weighted by molar-refractivity contribution is 5.93. The summed E-state index contributed by atoms with van der Waals surface area (Å²) in [6, 6.07) is 1.74. The average molecular weight is 247 g/mol. The van der Waals surface area contributed by atoms with Crippen molar-refractivity contribution in [1.82, 2.24) is 15.1 Å². The molecule has 1 aliphatic heterocycles. The molecule has 0 spiro atoms. The summed E-state index contributed by atoms with van der Waals surface area (Å²) in [6.07, 6.45) is 1.23. The van der Waals surface area contributed by atoms with Gasteiger partial charge in [-0.05, 0) is 0 Å². The number of anilines is 1. The van der Waals surface area contributed by atoms with Gasteiger partial charge in [0, 0.05) is 26.2 Å². The number of carbonyl (C=O) groups is 1. The lowest BCUT2D eigenvalue weighted by atomic mass is 10.3. The molecule has 2 heterocycles. The molecule has 7 heteroatoms. The second-order valence-corrected chi connectivity index (χ2v) is 3.39. The maximum absolute atomic E-state index is 11.7. The maximum Gasteiger partial charge on any atom is 0.255 e. The van der Waals surface area contributed by atoms with E-state index in [9.17, 15) is 4.79 Å². The summed E-state index contributed by atoms with van der Waals surface area (Å²) in [7, 11) is 1.77. The highest BCUT2D eigenvalue weighted by Gasteiger charge is 2.22. The van der Waals surface area contributed by atoms with Crippen LogP contribution in [0.1, 0.15) is 0 Å². The number of hydrogen-bond acceptors (Lipinski definition) is 4. The number of halogens is 1. The minimum Gasteiger partial charge on any atom is -0.366 e.